The fourth-order valence-electron chi connectivity index (χ4n) is 1.99. The lowest BCUT2D eigenvalue weighted by atomic mass is 10.2. The summed E-state index contributed by atoms with van der Waals surface area (Å²) >= 11 is 0. The van der Waals surface area contributed by atoms with Gasteiger partial charge in [0.2, 0.25) is 0 Å². The van der Waals surface area contributed by atoms with Crippen LogP contribution in [0.15, 0.2) is 30.3 Å². The highest BCUT2D eigenvalue weighted by Gasteiger charge is 2.13. The zero-order valence-corrected chi connectivity index (χ0v) is 9.13. The lowest BCUT2D eigenvalue weighted by molar-refractivity contribution is -0.00000276. The van der Waals surface area contributed by atoms with Crippen molar-refractivity contribution in [2.24, 2.45) is 0 Å². The largest absolute Gasteiger partial charge is 1.00 e. The van der Waals surface area contributed by atoms with Crippen LogP contribution in [-0.2, 0) is 6.54 Å². The van der Waals surface area contributed by atoms with E-state index in [9.17, 15) is 0 Å². The van der Waals surface area contributed by atoms with Crippen molar-refractivity contribution in [3.8, 4) is 0 Å². The third-order valence-corrected chi connectivity index (χ3v) is 2.79. The normalized spacial score (nSPS) is 16.6. The first-order chi connectivity index (χ1) is 6.45. The van der Waals surface area contributed by atoms with Gasteiger partial charge in [0, 0.05) is 12.6 Å². The van der Waals surface area contributed by atoms with Gasteiger partial charge in [-0.15, -0.1) is 0 Å². The monoisotopic (exact) mass is 210 g/mol. The maximum absolute atomic E-state index is 3.60. The SMILES string of the molecule is [Cl-].c1ccc(CNC2CCCC2)cc1. The van der Waals surface area contributed by atoms with Crippen molar-refractivity contribution in [2.75, 3.05) is 0 Å². The van der Waals surface area contributed by atoms with Crippen LogP contribution < -0.4 is 17.7 Å². The standard InChI is InChI=1S/C12H17N.ClH/c1-2-6-11(7-3-1)10-13-12-8-4-5-9-12;/h1-3,6-7,12-13H,4-5,8-10H2;1H/p-1. The highest BCUT2D eigenvalue weighted by molar-refractivity contribution is 5.14. The molecule has 2 heteroatoms. The zero-order valence-electron chi connectivity index (χ0n) is 8.38. The number of rotatable bonds is 3. The summed E-state index contributed by atoms with van der Waals surface area (Å²) in [6.07, 6.45) is 5.55. The molecule has 0 atom stereocenters. The molecule has 14 heavy (non-hydrogen) atoms. The van der Waals surface area contributed by atoms with Crippen LogP contribution in [0, 0.1) is 0 Å². The van der Waals surface area contributed by atoms with Gasteiger partial charge in [0.15, 0.2) is 0 Å². The average molecular weight is 211 g/mol. The molecule has 1 nitrogen and oxygen atoms in total. The molecule has 0 heterocycles. The van der Waals surface area contributed by atoms with Crippen molar-refractivity contribution < 1.29 is 12.4 Å². The van der Waals surface area contributed by atoms with E-state index in [1.54, 1.807) is 0 Å². The van der Waals surface area contributed by atoms with E-state index in [1.807, 2.05) is 0 Å². The number of nitrogens with one attached hydrogen (secondary N) is 1. The Balaban J connectivity index is 0.000000980. The van der Waals surface area contributed by atoms with Crippen molar-refractivity contribution in [1.82, 2.24) is 5.32 Å². The maximum atomic E-state index is 3.60. The molecule has 1 saturated carbocycles. The number of hydrogen-bond acceptors (Lipinski definition) is 1. The second-order valence-electron chi connectivity index (χ2n) is 3.85. The third kappa shape index (κ3) is 3.32. The molecule has 0 saturated heterocycles. The fraction of sp³-hybridized carbons (Fsp3) is 0.500. The summed E-state index contributed by atoms with van der Waals surface area (Å²) in [6.45, 7) is 1.03. The summed E-state index contributed by atoms with van der Waals surface area (Å²) in [5.74, 6) is 0. The van der Waals surface area contributed by atoms with Gasteiger partial charge in [-0.05, 0) is 18.4 Å². The Kier molecular flexibility index (Phi) is 4.99. The molecular formula is C12H17ClN-. The Morgan fingerprint density at radius 1 is 1.07 bits per heavy atom. The van der Waals surface area contributed by atoms with Crippen LogP contribution in [0.3, 0.4) is 0 Å². The van der Waals surface area contributed by atoms with Crippen LogP contribution in [0.2, 0.25) is 0 Å². The molecule has 0 radical (unpaired) electrons. The van der Waals surface area contributed by atoms with E-state index in [0.717, 1.165) is 12.6 Å². The zero-order chi connectivity index (χ0) is 8.93. The van der Waals surface area contributed by atoms with Crippen molar-refractivity contribution in [1.29, 1.82) is 0 Å². The van der Waals surface area contributed by atoms with Gasteiger partial charge in [-0.25, -0.2) is 0 Å². The first kappa shape index (κ1) is 11.5. The molecule has 0 unspecified atom stereocenters. The molecule has 1 fully saturated rings. The molecular weight excluding hydrogens is 194 g/mol. The van der Waals surface area contributed by atoms with Gasteiger partial charge in [-0.2, -0.15) is 0 Å². The van der Waals surface area contributed by atoms with Gasteiger partial charge < -0.3 is 17.7 Å². The molecule has 1 aromatic rings. The van der Waals surface area contributed by atoms with Gasteiger partial charge in [-0.1, -0.05) is 43.2 Å². The van der Waals surface area contributed by atoms with Gasteiger partial charge in [-0.3, -0.25) is 0 Å². The summed E-state index contributed by atoms with van der Waals surface area (Å²) in [5, 5.41) is 3.60. The molecule has 0 amide bonds. The predicted octanol–water partition coefficient (Wildman–Crippen LogP) is -0.277. The van der Waals surface area contributed by atoms with Gasteiger partial charge in [0.05, 0.1) is 0 Å². The van der Waals surface area contributed by atoms with E-state index < -0.39 is 0 Å². The summed E-state index contributed by atoms with van der Waals surface area (Å²) in [6, 6.07) is 11.4. The van der Waals surface area contributed by atoms with Crippen LogP contribution in [0.1, 0.15) is 31.2 Å². The first-order valence-corrected chi connectivity index (χ1v) is 5.22. The number of benzene rings is 1. The molecule has 78 valence electrons. The van der Waals surface area contributed by atoms with Crippen molar-refractivity contribution in [2.45, 2.75) is 38.3 Å². The van der Waals surface area contributed by atoms with E-state index in [0.29, 0.717) is 0 Å². The predicted molar refractivity (Wildman–Crippen MR) is 55.5 cm³/mol. The summed E-state index contributed by atoms with van der Waals surface area (Å²) in [5.41, 5.74) is 1.40. The maximum Gasteiger partial charge on any atom is 0.0208 e. The molecule has 1 aliphatic rings. The smallest absolute Gasteiger partial charge is 0.0208 e. The minimum Gasteiger partial charge on any atom is -1.00 e. The highest BCUT2D eigenvalue weighted by atomic mass is 35.5. The first-order valence-electron chi connectivity index (χ1n) is 5.22. The topological polar surface area (TPSA) is 12.0 Å². The molecule has 0 spiro atoms. The van der Waals surface area contributed by atoms with Crippen LogP contribution in [-0.4, -0.2) is 6.04 Å². The van der Waals surface area contributed by atoms with Crippen LogP contribution in [0.5, 0.6) is 0 Å². The van der Waals surface area contributed by atoms with E-state index in [1.165, 1.54) is 31.2 Å². The molecule has 0 bridgehead atoms. The van der Waals surface area contributed by atoms with E-state index >= 15 is 0 Å². The lowest BCUT2D eigenvalue weighted by Crippen LogP contribution is -3.00. The average Bonchev–Trinajstić information content (AvgIpc) is 2.69. The van der Waals surface area contributed by atoms with Crippen molar-refractivity contribution in [3.05, 3.63) is 35.9 Å². The molecule has 2 rings (SSSR count). The number of halogens is 1. The second-order valence-corrected chi connectivity index (χ2v) is 3.85. The van der Waals surface area contributed by atoms with E-state index in [-0.39, 0.29) is 12.4 Å². The van der Waals surface area contributed by atoms with E-state index in [4.69, 9.17) is 0 Å². The van der Waals surface area contributed by atoms with E-state index in [2.05, 4.69) is 35.6 Å². The van der Waals surface area contributed by atoms with Crippen LogP contribution in [0.25, 0.3) is 0 Å². The molecule has 0 aliphatic heterocycles. The van der Waals surface area contributed by atoms with Gasteiger partial charge in [0.1, 0.15) is 0 Å². The number of hydrogen-bond donors (Lipinski definition) is 1. The summed E-state index contributed by atoms with van der Waals surface area (Å²) in [4.78, 5) is 0. The second kappa shape index (κ2) is 6.05. The Hall–Kier alpha value is -0.530. The van der Waals surface area contributed by atoms with Gasteiger partial charge >= 0.3 is 0 Å². The van der Waals surface area contributed by atoms with Crippen LogP contribution >= 0.6 is 0 Å². The summed E-state index contributed by atoms with van der Waals surface area (Å²) < 4.78 is 0. The minimum atomic E-state index is 0. The highest BCUT2D eigenvalue weighted by Crippen LogP contribution is 2.17. The fourth-order valence-corrected chi connectivity index (χ4v) is 1.99. The Morgan fingerprint density at radius 2 is 1.71 bits per heavy atom. The molecule has 1 aromatic carbocycles. The quantitative estimate of drug-likeness (QED) is 0.724. The lowest BCUT2D eigenvalue weighted by Gasteiger charge is -2.11. The Morgan fingerprint density at radius 3 is 2.36 bits per heavy atom. The van der Waals surface area contributed by atoms with Crippen molar-refractivity contribution >= 4 is 0 Å². The molecule has 0 aromatic heterocycles. The van der Waals surface area contributed by atoms with Crippen LogP contribution in [0.4, 0.5) is 0 Å². The van der Waals surface area contributed by atoms with Crippen molar-refractivity contribution in [3.63, 3.8) is 0 Å². The molecule has 1 aliphatic carbocycles. The van der Waals surface area contributed by atoms with Gasteiger partial charge in [0.25, 0.3) is 0 Å². The Labute approximate surface area is 92.3 Å². The summed E-state index contributed by atoms with van der Waals surface area (Å²) in [7, 11) is 0. The minimum absolute atomic E-state index is 0. The third-order valence-electron chi connectivity index (χ3n) is 2.79. The Bertz CT molecular complexity index is 242. The molecule has 1 N–H and O–H groups in total.